The van der Waals surface area contributed by atoms with E-state index in [9.17, 15) is 24.6 Å². The van der Waals surface area contributed by atoms with E-state index in [4.69, 9.17) is 14.2 Å². The molecule has 0 saturated heterocycles. The number of hydrogen-bond donors (Lipinski definition) is 3. The zero-order valence-electron chi connectivity index (χ0n) is 21.9. The van der Waals surface area contributed by atoms with Gasteiger partial charge >= 0.3 is 0 Å². The first-order valence-corrected chi connectivity index (χ1v) is 14.1. The predicted molar refractivity (Wildman–Crippen MR) is 148 cm³/mol. The van der Waals surface area contributed by atoms with Gasteiger partial charge in [0.2, 0.25) is 11.8 Å². The van der Waals surface area contributed by atoms with Crippen molar-refractivity contribution in [2.75, 3.05) is 33.5 Å². The van der Waals surface area contributed by atoms with E-state index in [-0.39, 0.29) is 38.1 Å². The second-order valence-corrected chi connectivity index (χ2v) is 10.6. The minimum absolute atomic E-state index is 0.0728. The number of nitrogens with zero attached hydrogens (tertiary/aromatic N) is 1. The molecule has 1 aromatic carbocycles. The van der Waals surface area contributed by atoms with Crippen LogP contribution >= 0.6 is 22.6 Å². The first-order valence-electron chi connectivity index (χ1n) is 13.0. The molecule has 0 aliphatic heterocycles. The molecule has 2 aliphatic rings. The molecule has 3 atom stereocenters. The van der Waals surface area contributed by atoms with Crippen molar-refractivity contribution in [1.82, 2.24) is 10.2 Å². The van der Waals surface area contributed by atoms with E-state index < -0.39 is 24.2 Å². The second kappa shape index (κ2) is 14.8. The minimum atomic E-state index is -1.15. The molecule has 210 valence electrons. The number of methoxy groups -OCH3 is 1. The molecule has 0 radical (unpaired) electrons. The average Bonchev–Trinajstić information content (AvgIpc) is 2.93. The molecule has 0 unspecified atom stereocenters. The van der Waals surface area contributed by atoms with Crippen molar-refractivity contribution >= 4 is 40.7 Å². The molecule has 1 saturated carbocycles. The fraction of sp³-hybridized carbons (Fsp3) is 0.593. The Hall–Kier alpha value is -2.22. The molecule has 38 heavy (non-hydrogen) atoms. The Morgan fingerprint density at radius 2 is 1.97 bits per heavy atom. The molecule has 0 aromatic heterocycles. The van der Waals surface area contributed by atoms with Gasteiger partial charge in [-0.3, -0.25) is 14.4 Å². The summed E-state index contributed by atoms with van der Waals surface area (Å²) >= 11 is 2.02. The summed E-state index contributed by atoms with van der Waals surface area (Å²) in [6.45, 7) is 1.94. The molecule has 0 bridgehead atoms. The lowest BCUT2D eigenvalue weighted by Crippen LogP contribution is -2.59. The number of halogens is 1. The number of carbonyl (C=O) groups is 3. The van der Waals surface area contributed by atoms with Crippen molar-refractivity contribution in [1.29, 1.82) is 0 Å². The number of ether oxygens (including phenoxy) is 3. The number of carbonyl (C=O) groups excluding carboxylic acids is 3. The minimum Gasteiger partial charge on any atom is -0.493 e. The molecular weight excluding hydrogens is 607 g/mol. The molecule has 11 heteroatoms. The summed E-state index contributed by atoms with van der Waals surface area (Å²) in [4.78, 5) is 39.5. The molecule has 10 nitrogen and oxygen atoms in total. The number of nitrogens with one attached hydrogen (secondary N) is 1. The second-order valence-electron chi connectivity index (χ2n) is 9.40. The average molecular weight is 645 g/mol. The largest absolute Gasteiger partial charge is 0.493 e. The number of aldehydes is 1. The molecule has 0 spiro atoms. The van der Waals surface area contributed by atoms with Crippen molar-refractivity contribution < 1.29 is 38.8 Å². The van der Waals surface area contributed by atoms with Crippen LogP contribution < -0.4 is 14.8 Å². The third kappa shape index (κ3) is 7.45. The van der Waals surface area contributed by atoms with Gasteiger partial charge in [-0.2, -0.15) is 0 Å². The van der Waals surface area contributed by atoms with Gasteiger partial charge in [-0.25, -0.2) is 0 Å². The molecular formula is C27H37IN2O8. The molecule has 3 N–H and O–H groups in total. The topological polar surface area (TPSA) is 135 Å². The third-order valence-corrected chi connectivity index (χ3v) is 7.70. The molecule has 2 amide bonds. The summed E-state index contributed by atoms with van der Waals surface area (Å²) in [7, 11) is 1.45. The first kappa shape index (κ1) is 30.3. The molecule has 1 aromatic rings. The van der Waals surface area contributed by atoms with Crippen LogP contribution in [0.5, 0.6) is 11.5 Å². The summed E-state index contributed by atoms with van der Waals surface area (Å²) in [5.74, 6) is -0.00591. The maximum atomic E-state index is 13.4. The van der Waals surface area contributed by atoms with Crippen molar-refractivity contribution in [2.45, 2.75) is 69.7 Å². The quantitative estimate of drug-likeness (QED) is 0.233. The monoisotopic (exact) mass is 644 g/mol. The van der Waals surface area contributed by atoms with Gasteiger partial charge in [0, 0.05) is 36.8 Å². The molecule has 0 heterocycles. The SMILES string of the molecule is CCOCC(=O)N(C1CCCCC1)[C@@H]1CC(C(=O)NCCO)=C[C@H](Oc2c(I)cc(C=O)cc2OC)[C@H]1O. The van der Waals surface area contributed by atoms with Crippen LogP contribution in [0.15, 0.2) is 23.8 Å². The van der Waals surface area contributed by atoms with E-state index in [1.54, 1.807) is 17.0 Å². The van der Waals surface area contributed by atoms with E-state index in [1.165, 1.54) is 13.2 Å². The summed E-state index contributed by atoms with van der Waals surface area (Å²) in [6, 6.07) is 2.36. The highest BCUT2D eigenvalue weighted by atomic mass is 127. The highest BCUT2D eigenvalue weighted by Crippen LogP contribution is 2.38. The standard InChI is InChI=1S/C27H37IN2O8/c1-3-37-16-24(33)30(19-7-5-4-6-8-19)21-13-18(27(35)29-9-10-31)14-22(25(21)34)38-26-20(28)11-17(15-32)12-23(26)36-2/h11-12,14-15,19,21-22,25,31,34H,3-10,13,16H2,1-2H3,(H,29,35)/t21-,22+,25+/m1/s1. The van der Waals surface area contributed by atoms with E-state index >= 15 is 0 Å². The van der Waals surface area contributed by atoms with E-state index in [2.05, 4.69) is 5.32 Å². The fourth-order valence-corrected chi connectivity index (χ4v) is 5.84. The lowest BCUT2D eigenvalue weighted by Gasteiger charge is -2.45. The van der Waals surface area contributed by atoms with Gasteiger partial charge in [0.05, 0.1) is 23.3 Å². The van der Waals surface area contributed by atoms with Gasteiger partial charge in [0.1, 0.15) is 25.1 Å². The molecule has 1 fully saturated rings. The summed E-state index contributed by atoms with van der Waals surface area (Å²) < 4.78 is 17.7. The summed E-state index contributed by atoms with van der Waals surface area (Å²) in [5, 5.41) is 23.5. The number of hydrogen-bond acceptors (Lipinski definition) is 8. The smallest absolute Gasteiger partial charge is 0.249 e. The van der Waals surface area contributed by atoms with Gasteiger partial charge in [0.15, 0.2) is 11.5 Å². The van der Waals surface area contributed by atoms with Gasteiger partial charge in [-0.15, -0.1) is 0 Å². The predicted octanol–water partition coefficient (Wildman–Crippen LogP) is 2.23. The van der Waals surface area contributed by atoms with Crippen LogP contribution in [0.1, 0.15) is 55.8 Å². The number of benzene rings is 1. The lowest BCUT2D eigenvalue weighted by molar-refractivity contribution is -0.147. The maximum absolute atomic E-state index is 13.4. The Kier molecular flexibility index (Phi) is 11.8. The van der Waals surface area contributed by atoms with E-state index in [1.807, 2.05) is 29.5 Å². The van der Waals surface area contributed by atoms with Crippen LogP contribution in [0.2, 0.25) is 0 Å². The Labute approximate surface area is 236 Å². The van der Waals surface area contributed by atoms with Crippen LogP contribution in [0.25, 0.3) is 0 Å². The highest BCUT2D eigenvalue weighted by molar-refractivity contribution is 14.1. The van der Waals surface area contributed by atoms with Gasteiger partial charge < -0.3 is 34.6 Å². The highest BCUT2D eigenvalue weighted by Gasteiger charge is 2.43. The summed E-state index contributed by atoms with van der Waals surface area (Å²) in [6.07, 6.45) is 4.91. The van der Waals surface area contributed by atoms with Crippen molar-refractivity contribution in [3.05, 3.63) is 32.9 Å². The fourth-order valence-electron chi connectivity index (χ4n) is 5.09. The summed E-state index contributed by atoms with van der Waals surface area (Å²) in [5.41, 5.74) is 0.757. The zero-order valence-corrected chi connectivity index (χ0v) is 24.0. The zero-order chi connectivity index (χ0) is 27.7. The van der Waals surface area contributed by atoms with Gasteiger partial charge in [0.25, 0.3) is 0 Å². The van der Waals surface area contributed by atoms with Crippen LogP contribution in [0, 0.1) is 3.57 Å². The van der Waals surface area contributed by atoms with Crippen LogP contribution in [-0.4, -0.2) is 91.0 Å². The first-order chi connectivity index (χ1) is 18.3. The number of aliphatic hydroxyl groups is 2. The lowest BCUT2D eigenvalue weighted by atomic mass is 9.85. The Balaban J connectivity index is 2.01. The Bertz CT molecular complexity index is 1010. The Morgan fingerprint density at radius 1 is 1.24 bits per heavy atom. The molecule has 2 aliphatic carbocycles. The van der Waals surface area contributed by atoms with Crippen LogP contribution in [0.4, 0.5) is 0 Å². The third-order valence-electron chi connectivity index (χ3n) is 6.90. The van der Waals surface area contributed by atoms with Gasteiger partial charge in [-0.1, -0.05) is 19.3 Å². The van der Waals surface area contributed by atoms with Crippen molar-refractivity contribution in [3.63, 3.8) is 0 Å². The van der Waals surface area contributed by atoms with Crippen LogP contribution in [0.3, 0.4) is 0 Å². The molecule has 3 rings (SSSR count). The maximum Gasteiger partial charge on any atom is 0.249 e. The van der Waals surface area contributed by atoms with E-state index in [0.717, 1.165) is 32.1 Å². The van der Waals surface area contributed by atoms with Gasteiger partial charge in [-0.05, 0) is 60.6 Å². The van der Waals surface area contributed by atoms with Crippen molar-refractivity contribution in [3.8, 4) is 11.5 Å². The number of amides is 2. The number of rotatable bonds is 12. The number of aliphatic hydroxyl groups excluding tert-OH is 2. The normalized spacial score (nSPS) is 21.8. The van der Waals surface area contributed by atoms with Crippen molar-refractivity contribution in [2.24, 2.45) is 0 Å². The van der Waals surface area contributed by atoms with Crippen LogP contribution in [-0.2, 0) is 14.3 Å². The van der Waals surface area contributed by atoms with E-state index in [0.29, 0.717) is 39.1 Å². The Morgan fingerprint density at radius 3 is 2.61 bits per heavy atom.